The van der Waals surface area contributed by atoms with Crippen LogP contribution in [0.15, 0.2) is 36.4 Å². The molecule has 154 valence electrons. The summed E-state index contributed by atoms with van der Waals surface area (Å²) in [5.74, 6) is 1.46. The Kier molecular flexibility index (Phi) is 6.00. The molecule has 2 aliphatic heterocycles. The van der Waals surface area contributed by atoms with Gasteiger partial charge in [0.05, 0.1) is 10.7 Å². The van der Waals surface area contributed by atoms with Crippen LogP contribution in [0, 0.1) is 0 Å². The first-order valence-electron chi connectivity index (χ1n) is 10.1. The van der Waals surface area contributed by atoms with Gasteiger partial charge in [-0.3, -0.25) is 0 Å². The van der Waals surface area contributed by atoms with E-state index in [9.17, 15) is 4.79 Å². The van der Waals surface area contributed by atoms with Gasteiger partial charge in [0.15, 0.2) is 11.5 Å². The van der Waals surface area contributed by atoms with Gasteiger partial charge in [0.1, 0.15) is 0 Å². The fraction of sp³-hybridized carbons (Fsp3) is 0.409. The van der Waals surface area contributed by atoms with Gasteiger partial charge in [-0.15, -0.1) is 0 Å². The zero-order valence-electron chi connectivity index (χ0n) is 16.6. The lowest BCUT2D eigenvalue weighted by molar-refractivity contribution is 0.174. The number of carbonyl (C=O) groups is 1. The molecule has 7 heteroatoms. The Morgan fingerprint density at radius 1 is 1.10 bits per heavy atom. The van der Waals surface area contributed by atoms with Crippen molar-refractivity contribution < 1.29 is 14.3 Å². The molecule has 2 heterocycles. The lowest BCUT2D eigenvalue weighted by Gasteiger charge is -2.29. The van der Waals surface area contributed by atoms with Crippen LogP contribution in [0.25, 0.3) is 0 Å². The molecular weight excluding hydrogens is 390 g/mol. The van der Waals surface area contributed by atoms with Crippen molar-refractivity contribution in [3.8, 4) is 11.5 Å². The third-order valence-corrected chi connectivity index (χ3v) is 5.68. The zero-order valence-corrected chi connectivity index (χ0v) is 17.4. The van der Waals surface area contributed by atoms with E-state index in [0.717, 1.165) is 35.8 Å². The summed E-state index contributed by atoms with van der Waals surface area (Å²) in [5, 5.41) is 3.63. The molecular formula is C22H26ClN3O3. The Balaban J connectivity index is 1.41. The molecule has 1 N–H and O–H groups in total. The average Bonchev–Trinajstić information content (AvgIpc) is 3.20. The van der Waals surface area contributed by atoms with Gasteiger partial charge in [-0.05, 0) is 62.1 Å². The molecule has 0 aromatic heterocycles. The molecule has 2 aliphatic rings. The normalized spacial score (nSPS) is 15.3. The van der Waals surface area contributed by atoms with Crippen LogP contribution >= 0.6 is 11.6 Å². The largest absolute Gasteiger partial charge is 0.454 e. The molecule has 0 atom stereocenters. The first-order chi connectivity index (χ1) is 14.1. The van der Waals surface area contributed by atoms with E-state index in [-0.39, 0.29) is 12.8 Å². The van der Waals surface area contributed by atoms with Gasteiger partial charge in [-0.2, -0.15) is 0 Å². The van der Waals surface area contributed by atoms with Crippen molar-refractivity contribution in [3.05, 3.63) is 47.0 Å². The monoisotopic (exact) mass is 415 g/mol. The molecule has 0 bridgehead atoms. The number of carbonyl (C=O) groups excluding carboxylic acids is 1. The maximum absolute atomic E-state index is 12.8. The molecule has 2 aromatic carbocycles. The van der Waals surface area contributed by atoms with Crippen molar-refractivity contribution in [3.63, 3.8) is 0 Å². The SMILES string of the molecule is CCN(Cc1ccc2c(c1)OCO2)C(=O)Nc1ccc(N2CCCCC2)c(Cl)c1. The number of rotatable bonds is 5. The van der Waals surface area contributed by atoms with Crippen LogP contribution in [0.3, 0.4) is 0 Å². The van der Waals surface area contributed by atoms with E-state index in [1.807, 2.05) is 43.3 Å². The van der Waals surface area contributed by atoms with E-state index in [1.54, 1.807) is 4.90 Å². The van der Waals surface area contributed by atoms with Crippen molar-refractivity contribution in [2.45, 2.75) is 32.7 Å². The van der Waals surface area contributed by atoms with Crippen LogP contribution in [0.4, 0.5) is 16.2 Å². The van der Waals surface area contributed by atoms with Gasteiger partial charge in [-0.25, -0.2) is 4.79 Å². The molecule has 2 aromatic rings. The van der Waals surface area contributed by atoms with Crippen LogP contribution in [0.1, 0.15) is 31.7 Å². The van der Waals surface area contributed by atoms with Crippen LogP contribution in [-0.4, -0.2) is 37.4 Å². The van der Waals surface area contributed by atoms with Crippen LogP contribution in [0.5, 0.6) is 11.5 Å². The smallest absolute Gasteiger partial charge is 0.322 e. The zero-order chi connectivity index (χ0) is 20.2. The number of ether oxygens (including phenoxy) is 2. The molecule has 0 aliphatic carbocycles. The van der Waals surface area contributed by atoms with Crippen molar-refractivity contribution in [1.82, 2.24) is 4.90 Å². The maximum atomic E-state index is 12.8. The van der Waals surface area contributed by atoms with Gasteiger partial charge in [-0.1, -0.05) is 17.7 Å². The number of nitrogens with one attached hydrogen (secondary N) is 1. The summed E-state index contributed by atoms with van der Waals surface area (Å²) in [6, 6.07) is 11.3. The minimum atomic E-state index is -0.160. The molecule has 2 amide bonds. The number of urea groups is 1. The van der Waals surface area contributed by atoms with Gasteiger partial charge in [0.25, 0.3) is 0 Å². The number of anilines is 2. The maximum Gasteiger partial charge on any atom is 0.322 e. The first kappa shape index (κ1) is 19.7. The van der Waals surface area contributed by atoms with E-state index >= 15 is 0 Å². The van der Waals surface area contributed by atoms with Crippen LogP contribution < -0.4 is 19.7 Å². The summed E-state index contributed by atoms with van der Waals surface area (Å²) in [6.45, 7) is 5.33. The molecule has 0 saturated carbocycles. The van der Waals surface area contributed by atoms with E-state index in [2.05, 4.69) is 10.2 Å². The highest BCUT2D eigenvalue weighted by Crippen LogP contribution is 2.33. The number of nitrogens with zero attached hydrogens (tertiary/aromatic N) is 2. The summed E-state index contributed by atoms with van der Waals surface area (Å²) in [4.78, 5) is 16.8. The fourth-order valence-corrected chi connectivity index (χ4v) is 4.07. The predicted molar refractivity (Wildman–Crippen MR) is 115 cm³/mol. The summed E-state index contributed by atoms with van der Waals surface area (Å²) < 4.78 is 10.8. The van der Waals surface area contributed by atoms with Gasteiger partial charge >= 0.3 is 6.03 Å². The highest BCUT2D eigenvalue weighted by Gasteiger charge is 2.18. The van der Waals surface area contributed by atoms with Crippen molar-refractivity contribution >= 4 is 29.0 Å². The average molecular weight is 416 g/mol. The molecule has 1 fully saturated rings. The second-order valence-corrected chi connectivity index (χ2v) is 7.75. The number of amides is 2. The van der Waals surface area contributed by atoms with E-state index in [4.69, 9.17) is 21.1 Å². The summed E-state index contributed by atoms with van der Waals surface area (Å²) in [6.07, 6.45) is 3.67. The fourth-order valence-electron chi connectivity index (χ4n) is 3.77. The summed E-state index contributed by atoms with van der Waals surface area (Å²) in [7, 11) is 0. The lowest BCUT2D eigenvalue weighted by Crippen LogP contribution is -2.34. The van der Waals surface area contributed by atoms with Gasteiger partial charge < -0.3 is 24.6 Å². The molecule has 4 rings (SSSR count). The molecule has 0 radical (unpaired) electrons. The highest BCUT2D eigenvalue weighted by molar-refractivity contribution is 6.33. The second-order valence-electron chi connectivity index (χ2n) is 7.35. The van der Waals surface area contributed by atoms with Crippen LogP contribution in [0.2, 0.25) is 5.02 Å². The minimum absolute atomic E-state index is 0.160. The molecule has 0 spiro atoms. The summed E-state index contributed by atoms with van der Waals surface area (Å²) in [5.41, 5.74) is 2.73. The Morgan fingerprint density at radius 3 is 2.66 bits per heavy atom. The Morgan fingerprint density at radius 2 is 1.90 bits per heavy atom. The molecule has 29 heavy (non-hydrogen) atoms. The third-order valence-electron chi connectivity index (χ3n) is 5.38. The van der Waals surface area contributed by atoms with Crippen molar-refractivity contribution in [2.24, 2.45) is 0 Å². The Labute approximate surface area is 176 Å². The number of hydrogen-bond donors (Lipinski definition) is 1. The Hall–Kier alpha value is -2.60. The molecule has 1 saturated heterocycles. The number of piperidine rings is 1. The Bertz CT molecular complexity index is 884. The number of fused-ring (bicyclic) bond motifs is 1. The standard InChI is InChI=1S/C22H26ClN3O3/c1-2-25(14-16-6-9-20-21(12-16)29-15-28-20)22(27)24-17-7-8-19(18(23)13-17)26-10-4-3-5-11-26/h6-9,12-13H,2-5,10-11,14-15H2,1H3,(H,24,27). The highest BCUT2D eigenvalue weighted by atomic mass is 35.5. The van der Waals surface area contributed by atoms with E-state index in [1.165, 1.54) is 19.3 Å². The molecule has 0 unspecified atom stereocenters. The van der Waals surface area contributed by atoms with E-state index in [0.29, 0.717) is 23.8 Å². The lowest BCUT2D eigenvalue weighted by atomic mass is 10.1. The first-order valence-corrected chi connectivity index (χ1v) is 10.5. The number of halogens is 1. The second kappa shape index (κ2) is 8.82. The predicted octanol–water partition coefficient (Wildman–Crippen LogP) is 5.11. The quantitative estimate of drug-likeness (QED) is 0.736. The number of hydrogen-bond acceptors (Lipinski definition) is 4. The van der Waals surface area contributed by atoms with Crippen molar-refractivity contribution in [1.29, 1.82) is 0 Å². The molecule has 6 nitrogen and oxygen atoms in total. The topological polar surface area (TPSA) is 54.0 Å². The van der Waals surface area contributed by atoms with Crippen LogP contribution in [-0.2, 0) is 6.54 Å². The van der Waals surface area contributed by atoms with Gasteiger partial charge in [0, 0.05) is 31.9 Å². The third kappa shape index (κ3) is 4.53. The van der Waals surface area contributed by atoms with Gasteiger partial charge in [0.2, 0.25) is 6.79 Å². The number of benzene rings is 2. The van der Waals surface area contributed by atoms with E-state index < -0.39 is 0 Å². The minimum Gasteiger partial charge on any atom is -0.454 e. The summed E-state index contributed by atoms with van der Waals surface area (Å²) >= 11 is 6.51. The van der Waals surface area contributed by atoms with Crippen molar-refractivity contribution in [2.75, 3.05) is 36.6 Å².